The number of anilines is 1. The summed E-state index contributed by atoms with van der Waals surface area (Å²) in [4.78, 5) is 20.0. The highest BCUT2D eigenvalue weighted by Crippen LogP contribution is 2.29. The first-order valence-electron chi connectivity index (χ1n) is 6.18. The molecule has 2 aromatic rings. The number of aromatic nitrogens is 2. The topological polar surface area (TPSA) is 75.1 Å². The molecule has 0 aliphatic heterocycles. The van der Waals surface area contributed by atoms with Gasteiger partial charge >= 0.3 is 5.97 Å². The van der Waals surface area contributed by atoms with Crippen molar-refractivity contribution in [1.29, 1.82) is 0 Å². The number of thiazole rings is 2. The zero-order chi connectivity index (χ0) is 14.9. The van der Waals surface area contributed by atoms with Gasteiger partial charge in [0.1, 0.15) is 10.4 Å². The number of carbonyl (C=O) groups is 1. The van der Waals surface area contributed by atoms with Crippen LogP contribution in [0.4, 0.5) is 5.13 Å². The lowest BCUT2D eigenvalue weighted by molar-refractivity contribution is -0.142. The second kappa shape index (κ2) is 5.49. The number of nitrogens with one attached hydrogen (secondary N) is 1. The van der Waals surface area contributed by atoms with Crippen molar-refractivity contribution in [2.24, 2.45) is 0 Å². The zero-order valence-corrected chi connectivity index (χ0v) is 13.4. The van der Waals surface area contributed by atoms with Gasteiger partial charge in [-0.25, -0.2) is 9.97 Å². The van der Waals surface area contributed by atoms with E-state index in [9.17, 15) is 9.90 Å². The van der Waals surface area contributed by atoms with Crippen LogP contribution < -0.4 is 5.32 Å². The average molecular weight is 311 g/mol. The Morgan fingerprint density at radius 1 is 1.35 bits per heavy atom. The van der Waals surface area contributed by atoms with E-state index in [1.807, 2.05) is 19.2 Å². The van der Waals surface area contributed by atoms with E-state index >= 15 is 0 Å². The van der Waals surface area contributed by atoms with Gasteiger partial charge in [-0.2, -0.15) is 0 Å². The van der Waals surface area contributed by atoms with Crippen LogP contribution in [0.1, 0.15) is 43.2 Å². The molecule has 20 heavy (non-hydrogen) atoms. The van der Waals surface area contributed by atoms with Gasteiger partial charge in [0, 0.05) is 16.5 Å². The second-order valence-corrected chi connectivity index (χ2v) is 6.91. The summed E-state index contributed by atoms with van der Waals surface area (Å²) in [5.74, 6) is -0.877. The molecule has 0 aliphatic rings. The van der Waals surface area contributed by atoms with Gasteiger partial charge in [-0.15, -0.1) is 22.7 Å². The van der Waals surface area contributed by atoms with Crippen molar-refractivity contribution in [3.8, 4) is 0 Å². The SMILES string of the molecule is Cc1csc(C(C)Nc2nc(C(C)(C)C(=O)O)cs2)n1. The van der Waals surface area contributed by atoms with Crippen molar-refractivity contribution in [3.05, 3.63) is 27.2 Å². The standard InChI is InChI=1S/C13H17N3O2S2/c1-7-5-19-10(14-7)8(2)15-12-16-9(6-20-12)13(3,4)11(17)18/h5-6,8H,1-4H3,(H,15,16)(H,17,18). The first-order valence-corrected chi connectivity index (χ1v) is 7.94. The molecule has 0 amide bonds. The molecule has 0 aromatic carbocycles. The van der Waals surface area contributed by atoms with Crippen LogP contribution in [0.25, 0.3) is 0 Å². The first-order chi connectivity index (χ1) is 9.30. The number of hydrogen-bond donors (Lipinski definition) is 2. The number of nitrogens with zero attached hydrogens (tertiary/aromatic N) is 2. The lowest BCUT2D eigenvalue weighted by atomic mass is 9.90. The molecule has 0 spiro atoms. The molecule has 0 saturated carbocycles. The van der Waals surface area contributed by atoms with Crippen LogP contribution in [0, 0.1) is 6.92 Å². The predicted octanol–water partition coefficient (Wildman–Crippen LogP) is 3.44. The number of carboxylic acids is 1. The first kappa shape index (κ1) is 14.9. The van der Waals surface area contributed by atoms with Crippen molar-refractivity contribution in [2.45, 2.75) is 39.2 Å². The van der Waals surface area contributed by atoms with Crippen LogP contribution in [0.15, 0.2) is 10.8 Å². The summed E-state index contributed by atoms with van der Waals surface area (Å²) in [6, 6.07) is 0.0561. The summed E-state index contributed by atoms with van der Waals surface area (Å²) in [5, 5.41) is 18.0. The number of aryl methyl sites for hydroxylation is 1. The Hall–Kier alpha value is -1.47. The summed E-state index contributed by atoms with van der Waals surface area (Å²) >= 11 is 3.02. The summed E-state index contributed by atoms with van der Waals surface area (Å²) in [6.07, 6.45) is 0. The van der Waals surface area contributed by atoms with Crippen LogP contribution in [-0.2, 0) is 10.2 Å². The molecule has 0 radical (unpaired) electrons. The Balaban J connectivity index is 2.12. The maximum Gasteiger partial charge on any atom is 0.315 e. The third-order valence-corrected chi connectivity index (χ3v) is 4.95. The molecule has 1 atom stereocenters. The molecule has 2 aromatic heterocycles. The molecule has 0 aliphatic carbocycles. The minimum Gasteiger partial charge on any atom is -0.481 e. The maximum absolute atomic E-state index is 11.2. The van der Waals surface area contributed by atoms with E-state index in [1.54, 1.807) is 30.6 Å². The van der Waals surface area contributed by atoms with Crippen molar-refractivity contribution in [2.75, 3.05) is 5.32 Å². The number of aliphatic carboxylic acids is 1. The van der Waals surface area contributed by atoms with Crippen molar-refractivity contribution >= 4 is 33.8 Å². The molecule has 2 N–H and O–H groups in total. The van der Waals surface area contributed by atoms with Crippen molar-refractivity contribution in [1.82, 2.24) is 9.97 Å². The number of hydrogen-bond acceptors (Lipinski definition) is 6. The fourth-order valence-electron chi connectivity index (χ4n) is 1.55. The zero-order valence-electron chi connectivity index (χ0n) is 11.8. The fourth-order valence-corrected chi connectivity index (χ4v) is 3.32. The van der Waals surface area contributed by atoms with E-state index in [4.69, 9.17) is 0 Å². The Labute approximate surface area is 125 Å². The summed E-state index contributed by atoms with van der Waals surface area (Å²) in [7, 11) is 0. The lowest BCUT2D eigenvalue weighted by Gasteiger charge is -2.16. The van der Waals surface area contributed by atoms with Gasteiger partial charge in [0.05, 0.1) is 11.7 Å². The van der Waals surface area contributed by atoms with Crippen LogP contribution in [0.2, 0.25) is 0 Å². The molecule has 108 valence electrons. The van der Waals surface area contributed by atoms with Crippen molar-refractivity contribution in [3.63, 3.8) is 0 Å². The molecular formula is C13H17N3O2S2. The highest BCUT2D eigenvalue weighted by Gasteiger charge is 2.32. The Kier molecular flexibility index (Phi) is 4.10. The third kappa shape index (κ3) is 2.99. The molecule has 1 unspecified atom stereocenters. The monoisotopic (exact) mass is 311 g/mol. The van der Waals surface area contributed by atoms with Gasteiger partial charge in [-0.1, -0.05) is 0 Å². The smallest absolute Gasteiger partial charge is 0.315 e. The number of rotatable bonds is 5. The largest absolute Gasteiger partial charge is 0.481 e. The Morgan fingerprint density at radius 3 is 2.60 bits per heavy atom. The van der Waals surface area contributed by atoms with Gasteiger partial charge in [0.15, 0.2) is 5.13 Å². The van der Waals surface area contributed by atoms with E-state index in [1.165, 1.54) is 11.3 Å². The van der Waals surface area contributed by atoms with Crippen molar-refractivity contribution < 1.29 is 9.90 Å². The van der Waals surface area contributed by atoms with Crippen LogP contribution in [-0.4, -0.2) is 21.0 Å². The highest BCUT2D eigenvalue weighted by molar-refractivity contribution is 7.13. The minimum atomic E-state index is -0.975. The van der Waals surface area contributed by atoms with E-state index in [0.717, 1.165) is 15.8 Å². The molecule has 0 saturated heterocycles. The van der Waals surface area contributed by atoms with Gasteiger partial charge in [0.25, 0.3) is 0 Å². The van der Waals surface area contributed by atoms with E-state index < -0.39 is 11.4 Å². The predicted molar refractivity (Wildman–Crippen MR) is 81.7 cm³/mol. The molecule has 7 heteroatoms. The average Bonchev–Trinajstić information content (AvgIpc) is 2.98. The molecular weight excluding hydrogens is 294 g/mol. The summed E-state index contributed by atoms with van der Waals surface area (Å²) < 4.78 is 0. The maximum atomic E-state index is 11.2. The van der Waals surface area contributed by atoms with Gasteiger partial charge < -0.3 is 10.4 Å². The quantitative estimate of drug-likeness (QED) is 0.884. The Morgan fingerprint density at radius 2 is 2.05 bits per heavy atom. The van der Waals surface area contributed by atoms with Crippen LogP contribution in [0.5, 0.6) is 0 Å². The lowest BCUT2D eigenvalue weighted by Crippen LogP contribution is -2.28. The molecule has 0 fully saturated rings. The second-order valence-electron chi connectivity index (χ2n) is 5.16. The van der Waals surface area contributed by atoms with E-state index in [2.05, 4.69) is 15.3 Å². The molecule has 5 nitrogen and oxygen atoms in total. The van der Waals surface area contributed by atoms with Gasteiger partial charge in [-0.3, -0.25) is 4.79 Å². The molecule has 0 bridgehead atoms. The Bertz CT molecular complexity index is 619. The van der Waals surface area contributed by atoms with E-state index in [0.29, 0.717) is 5.69 Å². The normalized spacial score (nSPS) is 13.2. The minimum absolute atomic E-state index is 0.0561. The number of carboxylic acid groups (broad SMARTS) is 1. The van der Waals surface area contributed by atoms with E-state index in [-0.39, 0.29) is 6.04 Å². The van der Waals surface area contributed by atoms with Gasteiger partial charge in [-0.05, 0) is 27.7 Å². The third-order valence-electron chi connectivity index (χ3n) is 3.03. The molecule has 2 rings (SSSR count). The fraction of sp³-hybridized carbons (Fsp3) is 0.462. The van der Waals surface area contributed by atoms with Crippen LogP contribution >= 0.6 is 22.7 Å². The summed E-state index contributed by atoms with van der Waals surface area (Å²) in [6.45, 7) is 7.29. The highest BCUT2D eigenvalue weighted by atomic mass is 32.1. The van der Waals surface area contributed by atoms with Gasteiger partial charge in [0.2, 0.25) is 0 Å². The van der Waals surface area contributed by atoms with Crippen LogP contribution in [0.3, 0.4) is 0 Å². The summed E-state index contributed by atoms with van der Waals surface area (Å²) in [5.41, 5.74) is 0.600. The molecule has 2 heterocycles.